The molecule has 0 saturated heterocycles. The zero-order chi connectivity index (χ0) is 26.9. The molecule has 200 valence electrons. The van der Waals surface area contributed by atoms with Crippen LogP contribution in [0.3, 0.4) is 0 Å². The van der Waals surface area contributed by atoms with Crippen molar-refractivity contribution in [1.29, 1.82) is 0 Å². The van der Waals surface area contributed by atoms with E-state index in [2.05, 4.69) is 58.1 Å². The molecule has 0 bridgehead atoms. The van der Waals surface area contributed by atoms with Crippen LogP contribution in [0.15, 0.2) is 97.3 Å². The van der Waals surface area contributed by atoms with Gasteiger partial charge in [-0.3, -0.25) is 4.98 Å². The second-order valence-corrected chi connectivity index (χ2v) is 9.97. The molecule has 1 fully saturated rings. The number of aromatic nitrogens is 1. The Balaban J connectivity index is 1.38. The van der Waals surface area contributed by atoms with Gasteiger partial charge in [-0.1, -0.05) is 48.5 Å². The fraction of sp³-hybridized carbons (Fsp3) is 0.273. The Bertz CT molecular complexity index is 1360. The molecule has 5 rings (SSSR count). The van der Waals surface area contributed by atoms with E-state index < -0.39 is 0 Å². The van der Waals surface area contributed by atoms with Gasteiger partial charge in [0.2, 0.25) is 0 Å². The monoisotopic (exact) mass is 521 g/mol. The van der Waals surface area contributed by atoms with Crippen LogP contribution >= 0.6 is 0 Å². The van der Waals surface area contributed by atoms with Gasteiger partial charge in [-0.05, 0) is 90.8 Å². The molecule has 0 radical (unpaired) electrons. The van der Waals surface area contributed by atoms with Crippen molar-refractivity contribution in [2.75, 3.05) is 12.4 Å². The van der Waals surface area contributed by atoms with Crippen LogP contribution in [0.1, 0.15) is 53.9 Å². The smallest absolute Gasteiger partial charge is 0.319 e. The molecule has 4 aromatic rings. The summed E-state index contributed by atoms with van der Waals surface area (Å²) in [6.45, 7) is 0.424. The summed E-state index contributed by atoms with van der Waals surface area (Å²) in [6, 6.07) is 28.0. The first-order chi connectivity index (χ1) is 19.2. The van der Waals surface area contributed by atoms with Gasteiger partial charge in [0, 0.05) is 30.5 Å². The minimum atomic E-state index is -0.233. The van der Waals surface area contributed by atoms with Crippen molar-refractivity contribution >= 4 is 11.7 Å². The first-order valence-corrected chi connectivity index (χ1v) is 13.6. The van der Waals surface area contributed by atoms with Crippen molar-refractivity contribution < 1.29 is 14.3 Å². The molecule has 1 aromatic heterocycles. The summed E-state index contributed by atoms with van der Waals surface area (Å²) in [5.41, 5.74) is 5.33. The number of amides is 2. The van der Waals surface area contributed by atoms with Gasteiger partial charge in [0.05, 0.1) is 13.2 Å². The standard InChI is InChI=1S/C33H35N3O3/c1-38-31-15-14-27(22-32(31)39-29-12-5-6-13-29)30(21-24-16-18-34-19-17-24)26-9-7-8-25(20-26)23-35-33(37)36-28-10-3-2-4-11-28/h2-4,7-11,14-20,22,29-30H,5-6,12-13,21,23H2,1H3,(H2,35,36,37). The summed E-state index contributed by atoms with van der Waals surface area (Å²) in [5, 5.41) is 5.85. The molecule has 0 spiro atoms. The van der Waals surface area contributed by atoms with Crippen molar-refractivity contribution in [3.63, 3.8) is 0 Å². The number of pyridine rings is 1. The van der Waals surface area contributed by atoms with Crippen LogP contribution in [0.25, 0.3) is 0 Å². The molecule has 6 heteroatoms. The fourth-order valence-corrected chi connectivity index (χ4v) is 5.17. The topological polar surface area (TPSA) is 72.5 Å². The Labute approximate surface area is 230 Å². The third kappa shape index (κ3) is 7.17. The Kier molecular flexibility index (Phi) is 8.74. The number of benzene rings is 3. The largest absolute Gasteiger partial charge is 0.493 e. The molecular formula is C33H35N3O3. The Morgan fingerprint density at radius 1 is 0.872 bits per heavy atom. The second kappa shape index (κ2) is 13.0. The molecule has 6 nitrogen and oxygen atoms in total. The molecule has 1 saturated carbocycles. The maximum Gasteiger partial charge on any atom is 0.319 e. The molecule has 1 aliphatic rings. The number of hydrogen-bond acceptors (Lipinski definition) is 4. The maximum atomic E-state index is 12.5. The van der Waals surface area contributed by atoms with Crippen LogP contribution in [0.2, 0.25) is 0 Å². The first-order valence-electron chi connectivity index (χ1n) is 13.6. The predicted molar refractivity (Wildman–Crippen MR) is 154 cm³/mol. The number of hydrogen-bond donors (Lipinski definition) is 2. The highest BCUT2D eigenvalue weighted by Gasteiger charge is 2.22. The lowest BCUT2D eigenvalue weighted by Gasteiger charge is -2.22. The number of rotatable bonds is 10. The minimum absolute atomic E-state index is 0.0855. The van der Waals surface area contributed by atoms with Crippen LogP contribution in [0.4, 0.5) is 10.5 Å². The predicted octanol–water partition coefficient (Wildman–Crippen LogP) is 7.11. The van der Waals surface area contributed by atoms with Gasteiger partial charge in [0.15, 0.2) is 11.5 Å². The van der Waals surface area contributed by atoms with Gasteiger partial charge in [-0.25, -0.2) is 4.79 Å². The Hall–Kier alpha value is -4.32. The summed E-state index contributed by atoms with van der Waals surface area (Å²) < 4.78 is 12.1. The molecule has 0 aliphatic heterocycles. The molecule has 1 aliphatic carbocycles. The first kappa shape index (κ1) is 26.3. The fourth-order valence-electron chi connectivity index (χ4n) is 5.17. The van der Waals surface area contributed by atoms with Crippen LogP contribution in [-0.4, -0.2) is 24.2 Å². The van der Waals surface area contributed by atoms with E-state index in [4.69, 9.17) is 9.47 Å². The number of ether oxygens (including phenoxy) is 2. The number of anilines is 1. The number of urea groups is 1. The van der Waals surface area contributed by atoms with E-state index in [0.717, 1.165) is 47.6 Å². The van der Waals surface area contributed by atoms with E-state index in [1.54, 1.807) is 7.11 Å². The summed E-state index contributed by atoms with van der Waals surface area (Å²) in [6.07, 6.45) is 9.30. The number of carbonyl (C=O) groups excluding carboxylic acids is 1. The average Bonchev–Trinajstić information content (AvgIpc) is 3.49. The van der Waals surface area contributed by atoms with E-state index in [0.29, 0.717) is 6.54 Å². The Morgan fingerprint density at radius 2 is 1.64 bits per heavy atom. The molecule has 39 heavy (non-hydrogen) atoms. The van der Waals surface area contributed by atoms with Crippen LogP contribution < -0.4 is 20.1 Å². The highest BCUT2D eigenvalue weighted by Crippen LogP contribution is 2.37. The van der Waals surface area contributed by atoms with Gasteiger partial charge >= 0.3 is 6.03 Å². The van der Waals surface area contributed by atoms with Crippen molar-refractivity contribution in [3.05, 3.63) is 120 Å². The third-order valence-corrected chi connectivity index (χ3v) is 7.21. The SMILES string of the molecule is COc1ccc(C(Cc2ccncc2)c2cccc(CNC(=O)Nc3ccccc3)c2)cc1OC1CCCC1. The maximum absolute atomic E-state index is 12.5. The Morgan fingerprint density at radius 3 is 2.41 bits per heavy atom. The van der Waals surface area contributed by atoms with Gasteiger partial charge in [0.25, 0.3) is 0 Å². The lowest BCUT2D eigenvalue weighted by molar-refractivity contribution is 0.200. The van der Waals surface area contributed by atoms with Gasteiger partial charge in [0.1, 0.15) is 0 Å². The van der Waals surface area contributed by atoms with Gasteiger partial charge < -0.3 is 20.1 Å². The number of nitrogens with one attached hydrogen (secondary N) is 2. The highest BCUT2D eigenvalue weighted by molar-refractivity contribution is 5.89. The van der Waals surface area contributed by atoms with Crippen LogP contribution in [0.5, 0.6) is 11.5 Å². The minimum Gasteiger partial charge on any atom is -0.493 e. The summed E-state index contributed by atoms with van der Waals surface area (Å²) in [4.78, 5) is 16.6. The number of methoxy groups -OCH3 is 1. The molecule has 2 amide bonds. The number of carbonyl (C=O) groups is 1. The molecule has 1 atom stereocenters. The molecule has 3 aromatic carbocycles. The van der Waals surface area contributed by atoms with Gasteiger partial charge in [-0.15, -0.1) is 0 Å². The molecule has 2 N–H and O–H groups in total. The third-order valence-electron chi connectivity index (χ3n) is 7.21. The summed E-state index contributed by atoms with van der Waals surface area (Å²) >= 11 is 0. The average molecular weight is 522 g/mol. The van der Waals surface area contributed by atoms with E-state index >= 15 is 0 Å². The zero-order valence-corrected chi connectivity index (χ0v) is 22.3. The van der Waals surface area contributed by atoms with Crippen LogP contribution in [0, 0.1) is 0 Å². The number of nitrogens with zero attached hydrogens (tertiary/aromatic N) is 1. The lowest BCUT2D eigenvalue weighted by atomic mass is 9.85. The lowest BCUT2D eigenvalue weighted by Crippen LogP contribution is -2.28. The van der Waals surface area contributed by atoms with Crippen molar-refractivity contribution in [3.8, 4) is 11.5 Å². The number of para-hydroxylation sites is 1. The van der Waals surface area contributed by atoms with Crippen molar-refractivity contribution in [1.82, 2.24) is 10.3 Å². The quantitative estimate of drug-likeness (QED) is 0.233. The second-order valence-electron chi connectivity index (χ2n) is 9.97. The summed E-state index contributed by atoms with van der Waals surface area (Å²) in [5.74, 6) is 1.65. The van der Waals surface area contributed by atoms with Crippen molar-refractivity contribution in [2.24, 2.45) is 0 Å². The molecule has 1 unspecified atom stereocenters. The van der Waals surface area contributed by atoms with Crippen LogP contribution in [-0.2, 0) is 13.0 Å². The van der Waals surface area contributed by atoms with E-state index in [1.807, 2.05) is 54.9 Å². The molecule has 1 heterocycles. The summed E-state index contributed by atoms with van der Waals surface area (Å²) in [7, 11) is 1.69. The van der Waals surface area contributed by atoms with E-state index in [1.165, 1.54) is 24.0 Å². The van der Waals surface area contributed by atoms with E-state index in [-0.39, 0.29) is 18.1 Å². The highest BCUT2D eigenvalue weighted by atomic mass is 16.5. The van der Waals surface area contributed by atoms with E-state index in [9.17, 15) is 4.79 Å². The van der Waals surface area contributed by atoms with Gasteiger partial charge in [-0.2, -0.15) is 0 Å². The van der Waals surface area contributed by atoms with Crippen molar-refractivity contribution in [2.45, 2.75) is 50.7 Å². The molecular weight excluding hydrogens is 486 g/mol. The normalized spacial score (nSPS) is 14.0. The zero-order valence-electron chi connectivity index (χ0n) is 22.3.